The van der Waals surface area contributed by atoms with Crippen LogP contribution in [0.1, 0.15) is 28.9 Å². The molecule has 0 unspecified atom stereocenters. The zero-order valence-electron chi connectivity index (χ0n) is 7.36. The monoisotopic (exact) mass is 176 g/mol. The molecule has 2 rings (SSSR count). The number of carbonyl (C=O) groups excluding carboxylic acids is 1. The van der Waals surface area contributed by atoms with Crippen LogP contribution in [0.15, 0.2) is 18.3 Å². The van der Waals surface area contributed by atoms with Gasteiger partial charge in [0, 0.05) is 18.8 Å². The number of nitrogens with one attached hydrogen (secondary N) is 1. The van der Waals surface area contributed by atoms with Crippen LogP contribution < -0.4 is 5.32 Å². The van der Waals surface area contributed by atoms with Crippen molar-refractivity contribution in [1.82, 2.24) is 10.3 Å². The summed E-state index contributed by atoms with van der Waals surface area (Å²) in [6.07, 6.45) is 5.02. The van der Waals surface area contributed by atoms with E-state index < -0.39 is 0 Å². The highest BCUT2D eigenvalue weighted by molar-refractivity contribution is 5.71. The van der Waals surface area contributed by atoms with Gasteiger partial charge in [-0.05, 0) is 30.5 Å². The smallest absolute Gasteiger partial charge is 0.168 e. The van der Waals surface area contributed by atoms with Crippen LogP contribution in [0.2, 0.25) is 0 Å². The quantitative estimate of drug-likeness (QED) is 0.700. The van der Waals surface area contributed by atoms with E-state index in [2.05, 4.69) is 10.3 Å². The molecule has 13 heavy (non-hydrogen) atoms. The van der Waals surface area contributed by atoms with Crippen molar-refractivity contribution in [2.24, 2.45) is 0 Å². The van der Waals surface area contributed by atoms with E-state index in [1.807, 2.05) is 12.1 Å². The van der Waals surface area contributed by atoms with Gasteiger partial charge in [-0.15, -0.1) is 0 Å². The maximum Gasteiger partial charge on any atom is 0.168 e. The molecule has 1 fully saturated rings. The van der Waals surface area contributed by atoms with Crippen molar-refractivity contribution in [3.63, 3.8) is 0 Å². The van der Waals surface area contributed by atoms with Gasteiger partial charge in [-0.2, -0.15) is 0 Å². The van der Waals surface area contributed by atoms with Crippen LogP contribution in [0.4, 0.5) is 0 Å². The van der Waals surface area contributed by atoms with Crippen LogP contribution in [0.25, 0.3) is 0 Å². The van der Waals surface area contributed by atoms with Crippen molar-refractivity contribution in [2.75, 3.05) is 0 Å². The fraction of sp³-hybridized carbons (Fsp3) is 0.400. The van der Waals surface area contributed by atoms with Crippen LogP contribution >= 0.6 is 0 Å². The Labute approximate surface area is 77.2 Å². The number of nitrogens with zero attached hydrogens (tertiary/aromatic N) is 1. The lowest BCUT2D eigenvalue weighted by Crippen LogP contribution is -2.15. The standard InChI is InChI=1S/C10H12N2O/c13-7-10-5-8(3-4-11-10)6-12-9-1-2-9/h3-5,7,9,12H,1-2,6H2. The molecule has 1 aromatic rings. The minimum absolute atomic E-state index is 0.509. The van der Waals surface area contributed by atoms with Gasteiger partial charge in [-0.25, -0.2) is 0 Å². The Morgan fingerprint density at radius 1 is 1.62 bits per heavy atom. The fourth-order valence-electron chi connectivity index (χ4n) is 1.22. The molecule has 1 aliphatic carbocycles. The molecule has 0 aliphatic heterocycles. The summed E-state index contributed by atoms with van der Waals surface area (Å²) >= 11 is 0. The van der Waals surface area contributed by atoms with E-state index >= 15 is 0 Å². The first-order chi connectivity index (χ1) is 6.38. The lowest BCUT2D eigenvalue weighted by molar-refractivity contribution is 0.111. The second-order valence-corrected chi connectivity index (χ2v) is 3.36. The van der Waals surface area contributed by atoms with E-state index in [4.69, 9.17) is 0 Å². The molecule has 0 bridgehead atoms. The average molecular weight is 176 g/mol. The molecule has 1 saturated carbocycles. The molecule has 3 heteroatoms. The highest BCUT2D eigenvalue weighted by Crippen LogP contribution is 2.19. The van der Waals surface area contributed by atoms with Gasteiger partial charge < -0.3 is 5.32 Å². The van der Waals surface area contributed by atoms with Crippen LogP contribution in [0.3, 0.4) is 0 Å². The van der Waals surface area contributed by atoms with Crippen LogP contribution in [0, 0.1) is 0 Å². The molecule has 0 saturated heterocycles. The summed E-state index contributed by atoms with van der Waals surface area (Å²) in [5.41, 5.74) is 1.64. The molecule has 0 spiro atoms. The van der Waals surface area contributed by atoms with Crippen molar-refractivity contribution in [3.05, 3.63) is 29.6 Å². The first kappa shape index (κ1) is 8.38. The second kappa shape index (κ2) is 3.66. The minimum Gasteiger partial charge on any atom is -0.310 e. The SMILES string of the molecule is O=Cc1cc(CNC2CC2)ccn1. The molecular weight excluding hydrogens is 164 g/mol. The zero-order valence-corrected chi connectivity index (χ0v) is 7.36. The predicted molar refractivity (Wildman–Crippen MR) is 49.5 cm³/mol. The van der Waals surface area contributed by atoms with E-state index in [1.54, 1.807) is 6.20 Å². The molecule has 0 atom stereocenters. The van der Waals surface area contributed by atoms with Gasteiger partial charge in [0.15, 0.2) is 6.29 Å². The van der Waals surface area contributed by atoms with Crippen molar-refractivity contribution in [2.45, 2.75) is 25.4 Å². The third kappa shape index (κ3) is 2.36. The predicted octanol–water partition coefficient (Wildman–Crippen LogP) is 1.15. The highest BCUT2D eigenvalue weighted by atomic mass is 16.1. The number of pyridine rings is 1. The van der Waals surface area contributed by atoms with E-state index in [0.717, 1.165) is 18.4 Å². The summed E-state index contributed by atoms with van der Waals surface area (Å²) in [4.78, 5) is 14.3. The molecule has 0 aromatic carbocycles. The first-order valence-electron chi connectivity index (χ1n) is 4.52. The van der Waals surface area contributed by atoms with Crippen molar-refractivity contribution in [3.8, 4) is 0 Å². The summed E-state index contributed by atoms with van der Waals surface area (Å²) in [6.45, 7) is 0.841. The van der Waals surface area contributed by atoms with Crippen LogP contribution in [0.5, 0.6) is 0 Å². The molecule has 1 aromatic heterocycles. The third-order valence-corrected chi connectivity index (χ3v) is 2.14. The fourth-order valence-corrected chi connectivity index (χ4v) is 1.22. The molecule has 1 aliphatic rings. The molecule has 1 N–H and O–H groups in total. The van der Waals surface area contributed by atoms with E-state index in [1.165, 1.54) is 12.8 Å². The lowest BCUT2D eigenvalue weighted by Gasteiger charge is -2.02. The number of rotatable bonds is 4. The van der Waals surface area contributed by atoms with Gasteiger partial charge >= 0.3 is 0 Å². The lowest BCUT2D eigenvalue weighted by atomic mass is 10.2. The summed E-state index contributed by atoms with van der Waals surface area (Å²) in [7, 11) is 0. The second-order valence-electron chi connectivity index (χ2n) is 3.36. The van der Waals surface area contributed by atoms with Crippen molar-refractivity contribution >= 4 is 6.29 Å². The largest absolute Gasteiger partial charge is 0.310 e. The van der Waals surface area contributed by atoms with E-state index in [9.17, 15) is 4.79 Å². The summed E-state index contributed by atoms with van der Waals surface area (Å²) in [6, 6.07) is 4.46. The molecule has 3 nitrogen and oxygen atoms in total. The van der Waals surface area contributed by atoms with Crippen molar-refractivity contribution in [1.29, 1.82) is 0 Å². The number of hydrogen-bond acceptors (Lipinski definition) is 3. The van der Waals surface area contributed by atoms with Gasteiger partial charge in [0.25, 0.3) is 0 Å². The summed E-state index contributed by atoms with van der Waals surface area (Å²) in [5.74, 6) is 0. The van der Waals surface area contributed by atoms with E-state index in [0.29, 0.717) is 11.7 Å². The Morgan fingerprint density at radius 2 is 2.46 bits per heavy atom. The van der Waals surface area contributed by atoms with Crippen molar-refractivity contribution < 1.29 is 4.79 Å². The third-order valence-electron chi connectivity index (χ3n) is 2.14. The molecular formula is C10H12N2O. The molecule has 68 valence electrons. The molecule has 0 amide bonds. The Kier molecular flexibility index (Phi) is 2.36. The molecule has 0 radical (unpaired) electrons. The van der Waals surface area contributed by atoms with E-state index in [-0.39, 0.29) is 0 Å². The van der Waals surface area contributed by atoms with Gasteiger partial charge in [-0.3, -0.25) is 9.78 Å². The molecule has 1 heterocycles. The highest BCUT2D eigenvalue weighted by Gasteiger charge is 2.19. The Bertz CT molecular complexity index is 308. The maximum atomic E-state index is 10.4. The zero-order chi connectivity index (χ0) is 9.10. The van der Waals surface area contributed by atoms with Gasteiger partial charge in [0.05, 0.1) is 0 Å². The van der Waals surface area contributed by atoms with Gasteiger partial charge in [0.2, 0.25) is 0 Å². The number of carbonyl (C=O) groups is 1. The summed E-state index contributed by atoms with van der Waals surface area (Å²) < 4.78 is 0. The topological polar surface area (TPSA) is 42.0 Å². The maximum absolute atomic E-state index is 10.4. The Balaban J connectivity index is 1.97. The van der Waals surface area contributed by atoms with Crippen LogP contribution in [-0.2, 0) is 6.54 Å². The van der Waals surface area contributed by atoms with Crippen LogP contribution in [-0.4, -0.2) is 17.3 Å². The normalized spacial score (nSPS) is 15.7. The van der Waals surface area contributed by atoms with Gasteiger partial charge in [0.1, 0.15) is 5.69 Å². The Hall–Kier alpha value is -1.22. The minimum atomic E-state index is 0.509. The first-order valence-corrected chi connectivity index (χ1v) is 4.52. The average Bonchev–Trinajstić information content (AvgIpc) is 2.99. The van der Waals surface area contributed by atoms with Gasteiger partial charge in [-0.1, -0.05) is 0 Å². The number of aldehydes is 1. The number of aromatic nitrogens is 1. The number of hydrogen-bond donors (Lipinski definition) is 1. The Morgan fingerprint density at radius 3 is 3.15 bits per heavy atom. The summed E-state index contributed by atoms with van der Waals surface area (Å²) in [5, 5.41) is 3.38.